The van der Waals surface area contributed by atoms with Crippen LogP contribution in [0.3, 0.4) is 0 Å². The van der Waals surface area contributed by atoms with Crippen LogP contribution >= 0.6 is 24.4 Å². The van der Waals surface area contributed by atoms with Crippen LogP contribution < -0.4 is 46.6 Å². The number of rotatable bonds is 20. The summed E-state index contributed by atoms with van der Waals surface area (Å²) in [6.07, 6.45) is -0.149. The predicted molar refractivity (Wildman–Crippen MR) is 317 cm³/mol. The molecule has 0 unspecified atom stereocenters. The van der Waals surface area contributed by atoms with Gasteiger partial charge in [-0.15, -0.1) is 0 Å². The lowest BCUT2D eigenvalue weighted by atomic mass is 10.2. The van der Waals surface area contributed by atoms with E-state index in [1.165, 1.54) is 58.3 Å². The van der Waals surface area contributed by atoms with Gasteiger partial charge in [-0.2, -0.15) is 0 Å². The summed E-state index contributed by atoms with van der Waals surface area (Å²) in [6, 6.07) is 21.4. The van der Waals surface area contributed by atoms with Crippen molar-refractivity contribution in [1.29, 1.82) is 0 Å². The average Bonchev–Trinajstić information content (AvgIpc) is 3.80. The quantitative estimate of drug-likeness (QED) is 0.0432. The first kappa shape index (κ1) is 63.0. The zero-order valence-electron chi connectivity index (χ0n) is 46.7. The summed E-state index contributed by atoms with van der Waals surface area (Å²) in [6.45, 7) is 8.77. The van der Waals surface area contributed by atoms with Gasteiger partial charge in [0.15, 0.2) is 13.2 Å². The molecule has 4 heterocycles. The summed E-state index contributed by atoms with van der Waals surface area (Å²) in [5, 5.41) is 11.4. The molecule has 8 rings (SSSR count). The first-order valence-corrected chi connectivity index (χ1v) is 28.2. The summed E-state index contributed by atoms with van der Waals surface area (Å²) < 4.78 is 51.4. The number of benzene rings is 4. The van der Waals surface area contributed by atoms with Crippen LogP contribution in [0.25, 0.3) is 0 Å². The molecule has 4 saturated heterocycles. The minimum Gasteiger partial charge on any atom is -0.452 e. The Hall–Kier alpha value is -8.56. The Bertz CT molecular complexity index is 2870. The molecule has 2 atom stereocenters. The third-order valence-electron chi connectivity index (χ3n) is 13.8. The van der Waals surface area contributed by atoms with E-state index < -0.39 is 61.2 Å². The summed E-state index contributed by atoms with van der Waals surface area (Å²) in [5.74, 6) is -3.50. The molecular weight excluding hydrogens is 1130 g/mol. The largest absolute Gasteiger partial charge is 0.452 e. The number of anilines is 6. The Morgan fingerprint density at radius 1 is 0.560 bits per heavy atom. The van der Waals surface area contributed by atoms with Crippen molar-refractivity contribution in [3.63, 3.8) is 0 Å². The van der Waals surface area contributed by atoms with E-state index in [1.807, 2.05) is 23.6 Å². The molecule has 4 aromatic rings. The molecule has 4 aliphatic heterocycles. The fourth-order valence-corrected chi connectivity index (χ4v) is 9.23. The van der Waals surface area contributed by atoms with Gasteiger partial charge in [0.2, 0.25) is 11.8 Å². The van der Waals surface area contributed by atoms with Gasteiger partial charge in [0, 0.05) is 70.2 Å². The second kappa shape index (κ2) is 30.1. The maximum absolute atomic E-state index is 15.1. The Labute approximate surface area is 495 Å². The number of hydrogen-bond donors (Lipinski definition) is 5. The molecule has 23 nitrogen and oxygen atoms in total. The standard InChI is InChI=1S/C29H34FN5O6S.C28H33FN6O6S/c1-3-25(36)32-20-7-5-19(6-8-20)28(38)40-18-27(37)34-13-11-33(12-14-34)24-10-9-21(15-23(24)30)35-17-22(41-29(35)39)16-31-26(42)4-2;1-2-25(42)31-15-21-16-35(28(39)41-21)20-7-8-23(22(29)13-20)33-9-11-34(12-10-33)26(37)17-40-27(38)18-3-5-19(6-4-18)32-24(36)14-30/h5-10,15,22H,3-4,11-14,16-18H2,1-2H3,(H,31,42)(H,32,36);3-8,13,21H,2,9-12,14-17,30H2,1H3,(H,31,42)(H,32,36)/t22-;21-/m00/s1. The molecule has 0 aromatic heterocycles. The van der Waals surface area contributed by atoms with E-state index in [4.69, 9.17) is 49.1 Å². The number of piperazine rings is 2. The SMILES string of the molecule is CCC(=O)Nc1ccc(C(=O)OCC(=O)N2CCN(c3ccc(N4C[C@H](CNC(=S)CC)OC4=O)cc3F)CC2)cc1.CCC(=S)NC[C@H]1CN(c2ccc(N3CCN(C(=O)COC(=O)c4ccc(NC(=O)CN)cc4)CC3)c(F)c2)C(=O)O1. The number of nitrogens with one attached hydrogen (secondary N) is 4. The van der Waals surface area contributed by atoms with Gasteiger partial charge < -0.3 is 65.5 Å². The van der Waals surface area contributed by atoms with Crippen molar-refractivity contribution in [3.8, 4) is 0 Å². The highest BCUT2D eigenvalue weighted by Crippen LogP contribution is 2.31. The number of ether oxygens (including phenoxy) is 4. The van der Waals surface area contributed by atoms with Crippen LogP contribution in [0.4, 0.5) is 52.5 Å². The van der Waals surface area contributed by atoms with Gasteiger partial charge in [-0.25, -0.2) is 28.0 Å². The number of halogens is 2. The van der Waals surface area contributed by atoms with Crippen molar-refractivity contribution < 1.29 is 66.1 Å². The number of carbonyl (C=O) groups excluding carboxylic acids is 8. The van der Waals surface area contributed by atoms with Gasteiger partial charge >= 0.3 is 24.1 Å². The molecule has 0 radical (unpaired) electrons. The molecule has 0 bridgehead atoms. The average molecular weight is 1200 g/mol. The number of hydrogen-bond acceptors (Lipinski definition) is 17. The number of cyclic esters (lactones) is 2. The third-order valence-corrected chi connectivity index (χ3v) is 14.7. The fourth-order valence-electron chi connectivity index (χ4n) is 9.06. The Kier molecular flexibility index (Phi) is 22.6. The van der Waals surface area contributed by atoms with Crippen LogP contribution in [-0.4, -0.2) is 178 Å². The van der Waals surface area contributed by atoms with E-state index in [0.717, 1.165) is 0 Å². The minimum atomic E-state index is -0.672. The van der Waals surface area contributed by atoms with Gasteiger partial charge in [0.1, 0.15) is 23.8 Å². The summed E-state index contributed by atoms with van der Waals surface area (Å²) in [4.78, 5) is 108. The van der Waals surface area contributed by atoms with E-state index in [9.17, 15) is 38.4 Å². The van der Waals surface area contributed by atoms with Crippen molar-refractivity contribution in [2.24, 2.45) is 5.73 Å². The second-order valence-corrected chi connectivity index (χ2v) is 20.5. The van der Waals surface area contributed by atoms with E-state index in [-0.39, 0.29) is 54.4 Å². The maximum Gasteiger partial charge on any atom is 0.414 e. The molecule has 6 N–H and O–H groups in total. The zero-order valence-corrected chi connectivity index (χ0v) is 48.3. The van der Waals surface area contributed by atoms with Crippen LogP contribution in [0.2, 0.25) is 0 Å². The summed E-state index contributed by atoms with van der Waals surface area (Å²) >= 11 is 10.3. The maximum atomic E-state index is 15.1. The molecule has 4 aromatic carbocycles. The van der Waals surface area contributed by atoms with Gasteiger partial charge in [-0.05, 0) is 97.8 Å². The van der Waals surface area contributed by atoms with Gasteiger partial charge in [0.05, 0.1) is 76.6 Å². The third kappa shape index (κ3) is 17.3. The smallest absolute Gasteiger partial charge is 0.414 e. The number of thiocarbonyl (C=S) groups is 2. The lowest BCUT2D eigenvalue weighted by Gasteiger charge is -2.36. The number of nitrogens with zero attached hydrogens (tertiary/aromatic N) is 6. The Morgan fingerprint density at radius 2 is 0.940 bits per heavy atom. The van der Waals surface area contributed by atoms with Gasteiger partial charge in [-0.1, -0.05) is 45.2 Å². The highest BCUT2D eigenvalue weighted by Gasteiger charge is 2.35. The fraction of sp³-hybridized carbons (Fsp3) is 0.404. The number of amides is 6. The first-order chi connectivity index (χ1) is 40.4. The van der Waals surface area contributed by atoms with Gasteiger partial charge in [-0.3, -0.25) is 29.0 Å². The van der Waals surface area contributed by atoms with Crippen LogP contribution in [0.1, 0.15) is 60.7 Å². The highest BCUT2D eigenvalue weighted by atomic mass is 32.1. The molecule has 27 heteroatoms. The van der Waals surface area contributed by atoms with Crippen molar-refractivity contribution in [1.82, 2.24) is 20.4 Å². The van der Waals surface area contributed by atoms with Crippen molar-refractivity contribution in [2.45, 2.75) is 52.2 Å². The zero-order chi connectivity index (χ0) is 60.5. The second-order valence-electron chi connectivity index (χ2n) is 19.5. The van der Waals surface area contributed by atoms with Crippen LogP contribution in [0.15, 0.2) is 84.9 Å². The van der Waals surface area contributed by atoms with Crippen molar-refractivity contribution in [2.75, 3.05) is 129 Å². The van der Waals surface area contributed by atoms with Crippen LogP contribution in [-0.2, 0) is 38.1 Å². The molecule has 0 aliphatic carbocycles. The van der Waals surface area contributed by atoms with Crippen LogP contribution in [0.5, 0.6) is 0 Å². The first-order valence-electron chi connectivity index (χ1n) is 27.3. The van der Waals surface area contributed by atoms with E-state index in [2.05, 4.69) is 21.3 Å². The summed E-state index contributed by atoms with van der Waals surface area (Å²) in [5.41, 5.74) is 8.32. The lowest BCUT2D eigenvalue weighted by molar-refractivity contribution is -0.135. The number of nitrogens with two attached hydrogens (primary N) is 1. The number of carbonyl (C=O) groups is 8. The summed E-state index contributed by atoms with van der Waals surface area (Å²) in [7, 11) is 0. The predicted octanol–water partition coefficient (Wildman–Crippen LogP) is 5.21. The van der Waals surface area contributed by atoms with Crippen molar-refractivity contribution in [3.05, 3.63) is 108 Å². The lowest BCUT2D eigenvalue weighted by Crippen LogP contribution is -2.50. The molecule has 6 amide bonds. The normalized spacial score (nSPS) is 16.6. The Balaban J connectivity index is 0.000000241. The molecule has 448 valence electrons. The van der Waals surface area contributed by atoms with Gasteiger partial charge in [0.25, 0.3) is 11.8 Å². The molecular formula is C57H67F2N11O12S2. The molecule has 4 aliphatic rings. The molecule has 4 fully saturated rings. The highest BCUT2D eigenvalue weighted by molar-refractivity contribution is 7.80. The molecule has 0 spiro atoms. The van der Waals surface area contributed by atoms with E-state index in [1.54, 1.807) is 53.1 Å². The number of esters is 2. The van der Waals surface area contributed by atoms with Crippen LogP contribution in [0, 0.1) is 11.6 Å². The van der Waals surface area contributed by atoms with E-state index >= 15 is 8.78 Å². The van der Waals surface area contributed by atoms with E-state index in [0.29, 0.717) is 129 Å². The Morgan fingerprint density at radius 3 is 1.29 bits per heavy atom. The monoisotopic (exact) mass is 1200 g/mol. The molecule has 84 heavy (non-hydrogen) atoms. The topological polar surface area (TPSA) is 267 Å². The minimum absolute atomic E-state index is 0.139. The van der Waals surface area contributed by atoms with Crippen molar-refractivity contribution >= 4 is 116 Å². The molecule has 0 saturated carbocycles.